The average molecular weight is 237 g/mol. The fourth-order valence-corrected chi connectivity index (χ4v) is 1.20. The number of carbonyl (C=O) groups is 2. The summed E-state index contributed by atoms with van der Waals surface area (Å²) in [6.07, 6.45) is 0.394. The van der Waals surface area contributed by atoms with Crippen LogP contribution in [0, 0.1) is 0 Å². The largest absolute Gasteiger partial charge is 0.494 e. The Labute approximate surface area is 99.4 Å². The number of amides is 1. The third-order valence-electron chi connectivity index (χ3n) is 1.92. The van der Waals surface area contributed by atoms with Gasteiger partial charge in [0.15, 0.2) is 0 Å². The summed E-state index contributed by atoms with van der Waals surface area (Å²) < 4.78 is 5.37. The van der Waals surface area contributed by atoms with Gasteiger partial charge in [0.05, 0.1) is 6.61 Å². The van der Waals surface area contributed by atoms with Gasteiger partial charge in [0, 0.05) is 5.69 Å². The molecule has 0 unspecified atom stereocenters. The van der Waals surface area contributed by atoms with E-state index in [1.165, 1.54) is 0 Å². The molecule has 0 atom stereocenters. The van der Waals surface area contributed by atoms with Crippen LogP contribution in [0.5, 0.6) is 5.75 Å². The molecule has 0 aliphatic rings. The molecule has 1 aromatic carbocycles. The summed E-state index contributed by atoms with van der Waals surface area (Å²) in [6, 6.07) is 6.80. The molecule has 2 N–H and O–H groups in total. The van der Waals surface area contributed by atoms with Crippen molar-refractivity contribution in [1.29, 1.82) is 0 Å². The van der Waals surface area contributed by atoms with Crippen LogP contribution in [0.2, 0.25) is 0 Å². The summed E-state index contributed by atoms with van der Waals surface area (Å²) in [5.74, 6) is -0.965. The normalized spacial score (nSPS) is 9.71. The van der Waals surface area contributed by atoms with Crippen LogP contribution in [0.4, 0.5) is 5.69 Å². The Bertz CT molecular complexity index is 386. The van der Waals surface area contributed by atoms with Gasteiger partial charge in [-0.2, -0.15) is 0 Å². The quantitative estimate of drug-likeness (QED) is 0.741. The van der Waals surface area contributed by atoms with E-state index in [0.717, 1.165) is 12.2 Å². The first-order chi connectivity index (χ1) is 8.11. The van der Waals surface area contributed by atoms with Crippen molar-refractivity contribution in [2.45, 2.75) is 19.8 Å². The number of rotatable bonds is 6. The first-order valence-electron chi connectivity index (χ1n) is 5.36. The van der Waals surface area contributed by atoms with Crippen LogP contribution in [-0.2, 0) is 9.59 Å². The summed E-state index contributed by atoms with van der Waals surface area (Å²) in [6.45, 7) is 2.66. The second-order valence-electron chi connectivity index (χ2n) is 3.49. The number of aliphatic carboxylic acids is 1. The van der Waals surface area contributed by atoms with E-state index in [4.69, 9.17) is 9.84 Å². The Kier molecular flexibility index (Phi) is 5.00. The zero-order chi connectivity index (χ0) is 12.7. The fourth-order valence-electron chi connectivity index (χ4n) is 1.20. The summed E-state index contributed by atoms with van der Waals surface area (Å²) in [5, 5.41) is 10.9. The molecule has 0 radical (unpaired) electrons. The monoisotopic (exact) mass is 237 g/mol. The van der Waals surface area contributed by atoms with Crippen LogP contribution < -0.4 is 10.1 Å². The lowest BCUT2D eigenvalue weighted by Gasteiger charge is -2.06. The molecule has 17 heavy (non-hydrogen) atoms. The molecule has 0 heterocycles. The van der Waals surface area contributed by atoms with Crippen molar-refractivity contribution in [2.75, 3.05) is 11.9 Å². The number of ether oxygens (including phenoxy) is 1. The van der Waals surface area contributed by atoms with E-state index >= 15 is 0 Å². The molecule has 1 amide bonds. The standard InChI is InChI=1S/C12H15NO4/c1-2-7-17-10-5-3-9(4-6-10)13-11(14)8-12(15)16/h3-6H,2,7-8H2,1H3,(H,13,14)(H,15,16). The summed E-state index contributed by atoms with van der Waals surface area (Å²) in [4.78, 5) is 21.4. The van der Waals surface area contributed by atoms with Crippen molar-refractivity contribution in [1.82, 2.24) is 0 Å². The van der Waals surface area contributed by atoms with Crippen LogP contribution in [-0.4, -0.2) is 23.6 Å². The number of carbonyl (C=O) groups excluding carboxylic acids is 1. The Morgan fingerprint density at radius 2 is 1.94 bits per heavy atom. The molecule has 92 valence electrons. The van der Waals surface area contributed by atoms with Gasteiger partial charge < -0.3 is 15.2 Å². The summed E-state index contributed by atoms with van der Waals surface area (Å²) in [7, 11) is 0. The highest BCUT2D eigenvalue weighted by atomic mass is 16.5. The molecule has 0 aromatic heterocycles. The smallest absolute Gasteiger partial charge is 0.312 e. The number of carboxylic acids is 1. The Morgan fingerprint density at radius 3 is 2.47 bits per heavy atom. The zero-order valence-electron chi connectivity index (χ0n) is 9.60. The van der Waals surface area contributed by atoms with E-state index in [1.807, 2.05) is 6.92 Å². The van der Waals surface area contributed by atoms with Gasteiger partial charge >= 0.3 is 5.97 Å². The highest BCUT2D eigenvalue weighted by molar-refractivity contribution is 6.01. The van der Waals surface area contributed by atoms with Crippen molar-refractivity contribution < 1.29 is 19.4 Å². The molecule has 0 spiro atoms. The lowest BCUT2D eigenvalue weighted by Crippen LogP contribution is -2.15. The summed E-state index contributed by atoms with van der Waals surface area (Å²) >= 11 is 0. The van der Waals surface area contributed by atoms with E-state index in [-0.39, 0.29) is 0 Å². The maximum Gasteiger partial charge on any atom is 0.312 e. The lowest BCUT2D eigenvalue weighted by molar-refractivity contribution is -0.139. The molecule has 1 rings (SSSR count). The second-order valence-corrected chi connectivity index (χ2v) is 3.49. The number of hydrogen-bond acceptors (Lipinski definition) is 3. The maximum absolute atomic E-state index is 11.2. The van der Waals surface area contributed by atoms with Gasteiger partial charge in [-0.05, 0) is 30.7 Å². The first-order valence-corrected chi connectivity index (χ1v) is 5.36. The van der Waals surface area contributed by atoms with Crippen LogP contribution >= 0.6 is 0 Å². The molecular weight excluding hydrogens is 222 g/mol. The minimum Gasteiger partial charge on any atom is -0.494 e. The Hall–Kier alpha value is -2.04. The molecular formula is C12H15NO4. The second kappa shape index (κ2) is 6.52. The van der Waals surface area contributed by atoms with E-state index in [2.05, 4.69) is 5.32 Å². The fraction of sp³-hybridized carbons (Fsp3) is 0.333. The number of hydrogen-bond donors (Lipinski definition) is 2. The molecule has 0 bridgehead atoms. The predicted octanol–water partition coefficient (Wildman–Crippen LogP) is 1.89. The molecule has 5 nitrogen and oxygen atoms in total. The maximum atomic E-state index is 11.2. The number of benzene rings is 1. The molecule has 0 aliphatic heterocycles. The third-order valence-corrected chi connectivity index (χ3v) is 1.92. The van der Waals surface area contributed by atoms with Crippen molar-refractivity contribution in [3.05, 3.63) is 24.3 Å². The lowest BCUT2D eigenvalue weighted by atomic mass is 10.3. The van der Waals surface area contributed by atoms with E-state index < -0.39 is 18.3 Å². The topological polar surface area (TPSA) is 75.6 Å². The van der Waals surface area contributed by atoms with Gasteiger partial charge in [0.1, 0.15) is 12.2 Å². The SMILES string of the molecule is CCCOc1ccc(NC(=O)CC(=O)O)cc1. The summed E-state index contributed by atoms with van der Waals surface area (Å²) in [5.41, 5.74) is 0.556. The Balaban J connectivity index is 2.50. The molecule has 0 saturated carbocycles. The van der Waals surface area contributed by atoms with Gasteiger partial charge in [-0.25, -0.2) is 0 Å². The minimum absolute atomic E-state index is 0.534. The van der Waals surface area contributed by atoms with Crippen LogP contribution in [0.15, 0.2) is 24.3 Å². The first kappa shape index (κ1) is 13.0. The molecule has 0 aliphatic carbocycles. The minimum atomic E-state index is -1.15. The highest BCUT2D eigenvalue weighted by Crippen LogP contribution is 2.15. The zero-order valence-corrected chi connectivity index (χ0v) is 9.60. The Morgan fingerprint density at radius 1 is 1.29 bits per heavy atom. The van der Waals surface area contributed by atoms with Crippen molar-refractivity contribution in [3.8, 4) is 5.75 Å². The molecule has 1 aromatic rings. The van der Waals surface area contributed by atoms with Crippen LogP contribution in [0.3, 0.4) is 0 Å². The van der Waals surface area contributed by atoms with Gasteiger partial charge in [0.2, 0.25) is 5.91 Å². The van der Waals surface area contributed by atoms with Gasteiger partial charge in [-0.3, -0.25) is 9.59 Å². The van der Waals surface area contributed by atoms with E-state index in [0.29, 0.717) is 12.3 Å². The highest BCUT2D eigenvalue weighted by Gasteiger charge is 2.07. The molecule has 0 saturated heterocycles. The van der Waals surface area contributed by atoms with E-state index in [1.54, 1.807) is 24.3 Å². The van der Waals surface area contributed by atoms with Crippen molar-refractivity contribution >= 4 is 17.6 Å². The number of anilines is 1. The van der Waals surface area contributed by atoms with Gasteiger partial charge in [0.25, 0.3) is 0 Å². The number of nitrogens with one attached hydrogen (secondary N) is 1. The number of carboxylic acid groups (broad SMARTS) is 1. The van der Waals surface area contributed by atoms with E-state index in [9.17, 15) is 9.59 Å². The predicted molar refractivity (Wildman–Crippen MR) is 63.1 cm³/mol. The third kappa shape index (κ3) is 5.01. The van der Waals surface area contributed by atoms with Crippen LogP contribution in [0.1, 0.15) is 19.8 Å². The van der Waals surface area contributed by atoms with Crippen LogP contribution in [0.25, 0.3) is 0 Å². The van der Waals surface area contributed by atoms with Gasteiger partial charge in [-0.15, -0.1) is 0 Å². The average Bonchev–Trinajstić information content (AvgIpc) is 2.27. The molecule has 0 fully saturated rings. The van der Waals surface area contributed by atoms with Crippen molar-refractivity contribution in [3.63, 3.8) is 0 Å². The molecule has 5 heteroatoms. The van der Waals surface area contributed by atoms with Gasteiger partial charge in [-0.1, -0.05) is 6.92 Å². The van der Waals surface area contributed by atoms with Crippen molar-refractivity contribution in [2.24, 2.45) is 0 Å².